The minimum atomic E-state index is -0.716. The Kier molecular flexibility index (Phi) is 8.06. The van der Waals surface area contributed by atoms with Crippen LogP contribution in [0.5, 0.6) is 0 Å². The molecule has 8 heteroatoms. The maximum Gasteiger partial charge on any atom is 0.256 e. The van der Waals surface area contributed by atoms with Gasteiger partial charge in [-0.2, -0.15) is 10.2 Å². The third-order valence-electron chi connectivity index (χ3n) is 7.12. The molecule has 3 N–H and O–H groups in total. The lowest BCUT2D eigenvalue weighted by atomic mass is 9.64. The number of carbonyl (C=O) groups excluding carboxylic acids is 1. The number of hydrogen-bond donors (Lipinski definition) is 2. The number of azo groups is 1. The normalized spacial score (nSPS) is 23.1. The number of rotatable bonds is 8. The predicted molar refractivity (Wildman–Crippen MR) is 128 cm³/mol. The van der Waals surface area contributed by atoms with E-state index in [-0.39, 0.29) is 39.5 Å². The quantitative estimate of drug-likeness (QED) is 0.239. The largest absolute Gasteiger partial charge is 0.404 e. The standard InChI is InChI=1S/C25H33F2N5O/c1-16(12-21(31-30-5)22-19(26)8-7-9-20(22)27)18-10-11-25(4,24(18,2)3)15-32(6)23(33)17(13-28)14-29/h7-9,12-14,18,28H,1,10-11,15,29H2,2-6H3/b17-14+,21-12-,28-13?,31-30?/t18-,25-/m0/s1. The van der Waals surface area contributed by atoms with E-state index in [2.05, 4.69) is 37.6 Å². The maximum absolute atomic E-state index is 14.4. The molecule has 0 aliphatic heterocycles. The van der Waals surface area contributed by atoms with Crippen molar-refractivity contribution in [3.63, 3.8) is 0 Å². The van der Waals surface area contributed by atoms with Gasteiger partial charge >= 0.3 is 0 Å². The molecule has 6 nitrogen and oxygen atoms in total. The third kappa shape index (κ3) is 5.10. The number of nitrogens with zero attached hydrogens (tertiary/aromatic N) is 3. The van der Waals surface area contributed by atoms with E-state index < -0.39 is 11.6 Å². The zero-order valence-electron chi connectivity index (χ0n) is 20.0. The first kappa shape index (κ1) is 26.1. The molecule has 33 heavy (non-hydrogen) atoms. The summed E-state index contributed by atoms with van der Waals surface area (Å²) in [5.41, 5.74) is 5.58. The molecule has 0 radical (unpaired) electrons. The molecule has 1 aliphatic rings. The number of halogens is 2. The minimum Gasteiger partial charge on any atom is -0.404 e. The monoisotopic (exact) mass is 457 g/mol. The molecule has 1 aliphatic carbocycles. The Bertz CT molecular complexity index is 1010. The van der Waals surface area contributed by atoms with Crippen molar-refractivity contribution in [3.05, 3.63) is 65.4 Å². The minimum absolute atomic E-state index is 0.00449. The van der Waals surface area contributed by atoms with Crippen molar-refractivity contribution in [3.8, 4) is 0 Å². The van der Waals surface area contributed by atoms with E-state index in [1.54, 1.807) is 18.0 Å². The van der Waals surface area contributed by atoms with Crippen LogP contribution in [-0.4, -0.2) is 37.7 Å². The number of likely N-dealkylation sites (N-methyl/N-ethyl adjacent to an activating group) is 1. The average molecular weight is 458 g/mol. The van der Waals surface area contributed by atoms with Gasteiger partial charge in [0, 0.05) is 33.1 Å². The second kappa shape index (κ2) is 10.2. The highest BCUT2D eigenvalue weighted by molar-refractivity contribution is 6.11. The summed E-state index contributed by atoms with van der Waals surface area (Å²) in [5, 5.41) is 15.1. The molecule has 1 saturated carbocycles. The Morgan fingerprint density at radius 3 is 2.45 bits per heavy atom. The van der Waals surface area contributed by atoms with Crippen molar-refractivity contribution in [1.82, 2.24) is 4.90 Å². The summed E-state index contributed by atoms with van der Waals surface area (Å²) in [7, 11) is 3.14. The number of benzene rings is 1. The van der Waals surface area contributed by atoms with Gasteiger partial charge in [-0.15, -0.1) is 0 Å². The lowest BCUT2D eigenvalue weighted by Gasteiger charge is -2.44. The molecule has 0 heterocycles. The molecule has 0 aromatic heterocycles. The summed E-state index contributed by atoms with van der Waals surface area (Å²) in [6.45, 7) is 11.0. The van der Waals surface area contributed by atoms with Crippen molar-refractivity contribution in [1.29, 1.82) is 5.41 Å². The number of amides is 1. The van der Waals surface area contributed by atoms with Gasteiger partial charge in [0.1, 0.15) is 11.6 Å². The number of hydrogen-bond acceptors (Lipinski definition) is 5. The molecule has 1 fully saturated rings. The Balaban J connectivity index is 2.35. The fourth-order valence-electron chi connectivity index (χ4n) is 4.77. The molecule has 1 aromatic carbocycles. The van der Waals surface area contributed by atoms with E-state index in [1.165, 1.54) is 25.2 Å². The summed E-state index contributed by atoms with van der Waals surface area (Å²) < 4.78 is 28.8. The van der Waals surface area contributed by atoms with Crippen LogP contribution >= 0.6 is 0 Å². The van der Waals surface area contributed by atoms with Gasteiger partial charge in [0.05, 0.1) is 16.8 Å². The lowest BCUT2D eigenvalue weighted by Crippen LogP contribution is -2.45. The maximum atomic E-state index is 14.4. The van der Waals surface area contributed by atoms with Gasteiger partial charge in [-0.1, -0.05) is 33.4 Å². The van der Waals surface area contributed by atoms with Gasteiger partial charge in [0.15, 0.2) is 0 Å². The Morgan fingerprint density at radius 2 is 1.94 bits per heavy atom. The molecule has 1 amide bonds. The van der Waals surface area contributed by atoms with Crippen molar-refractivity contribution < 1.29 is 13.6 Å². The van der Waals surface area contributed by atoms with Gasteiger partial charge < -0.3 is 16.0 Å². The van der Waals surface area contributed by atoms with Crippen LogP contribution < -0.4 is 5.73 Å². The van der Waals surface area contributed by atoms with Gasteiger partial charge in [0.2, 0.25) is 0 Å². The first-order chi connectivity index (χ1) is 15.4. The topological polar surface area (TPSA) is 94.9 Å². The fraction of sp³-hybridized carbons (Fsp3) is 0.440. The van der Waals surface area contributed by atoms with Crippen LogP contribution in [-0.2, 0) is 4.79 Å². The Labute approximate surface area is 194 Å². The van der Waals surface area contributed by atoms with Crippen LogP contribution in [0.15, 0.2) is 58.4 Å². The van der Waals surface area contributed by atoms with Crippen LogP contribution in [0.2, 0.25) is 0 Å². The van der Waals surface area contributed by atoms with Crippen LogP contribution in [0.4, 0.5) is 8.78 Å². The smallest absolute Gasteiger partial charge is 0.256 e. The highest BCUT2D eigenvalue weighted by atomic mass is 19.1. The Morgan fingerprint density at radius 1 is 1.33 bits per heavy atom. The summed E-state index contributed by atoms with van der Waals surface area (Å²) in [6, 6.07) is 3.67. The van der Waals surface area contributed by atoms with Gasteiger partial charge in [-0.3, -0.25) is 4.79 Å². The van der Waals surface area contributed by atoms with Crippen molar-refractivity contribution in [2.24, 2.45) is 32.7 Å². The highest BCUT2D eigenvalue weighted by Gasteiger charge is 2.52. The molecule has 0 saturated heterocycles. The van der Waals surface area contributed by atoms with E-state index in [9.17, 15) is 13.6 Å². The molecule has 0 spiro atoms. The summed E-state index contributed by atoms with van der Waals surface area (Å²) in [4.78, 5) is 14.2. The third-order valence-corrected chi connectivity index (χ3v) is 7.12. The van der Waals surface area contributed by atoms with Crippen molar-refractivity contribution >= 4 is 17.8 Å². The zero-order chi connectivity index (χ0) is 25.0. The van der Waals surface area contributed by atoms with Crippen LogP contribution in [0, 0.1) is 33.8 Å². The van der Waals surface area contributed by atoms with Gasteiger partial charge in [0.25, 0.3) is 5.91 Å². The fourth-order valence-corrected chi connectivity index (χ4v) is 4.77. The van der Waals surface area contributed by atoms with Crippen LogP contribution in [0.25, 0.3) is 5.70 Å². The SMILES string of the molecule is C=C(/C=C(\N=NC)c1c(F)cccc1F)[C@@H]1CC[C@@](C)(CN(C)C(=O)/C(C=N)=C/N)C1(C)C. The molecular weight excluding hydrogens is 424 g/mol. The molecule has 2 rings (SSSR count). The number of nitrogens with two attached hydrogens (primary N) is 1. The Hall–Kier alpha value is -3.16. The molecule has 2 atom stereocenters. The number of nitrogens with one attached hydrogen (secondary N) is 1. The first-order valence-electron chi connectivity index (χ1n) is 10.8. The van der Waals surface area contributed by atoms with Crippen LogP contribution in [0.3, 0.4) is 0 Å². The van der Waals surface area contributed by atoms with E-state index >= 15 is 0 Å². The zero-order valence-corrected chi connectivity index (χ0v) is 20.0. The van der Waals surface area contributed by atoms with Gasteiger partial charge in [-0.05, 0) is 53.4 Å². The average Bonchev–Trinajstić information content (AvgIpc) is 2.97. The van der Waals surface area contributed by atoms with Crippen LogP contribution in [0.1, 0.15) is 39.2 Å². The number of allylic oxidation sites excluding steroid dienone is 2. The summed E-state index contributed by atoms with van der Waals surface area (Å²) in [6.07, 6.45) is 5.30. The van der Waals surface area contributed by atoms with E-state index in [0.29, 0.717) is 12.1 Å². The molecular formula is C25H33F2N5O. The molecule has 178 valence electrons. The molecule has 0 unspecified atom stereocenters. The first-order valence-corrected chi connectivity index (χ1v) is 10.8. The number of carbonyl (C=O) groups is 1. The summed E-state index contributed by atoms with van der Waals surface area (Å²) >= 11 is 0. The lowest BCUT2D eigenvalue weighted by molar-refractivity contribution is -0.127. The van der Waals surface area contributed by atoms with Gasteiger partial charge in [-0.25, -0.2) is 8.78 Å². The molecule has 1 aromatic rings. The molecule has 0 bridgehead atoms. The summed E-state index contributed by atoms with van der Waals surface area (Å²) in [5.74, 6) is -1.75. The van der Waals surface area contributed by atoms with E-state index in [0.717, 1.165) is 25.3 Å². The highest BCUT2D eigenvalue weighted by Crippen LogP contribution is 2.58. The van der Waals surface area contributed by atoms with E-state index in [1.807, 2.05) is 0 Å². The second-order valence-corrected chi connectivity index (χ2v) is 9.30. The predicted octanol–water partition coefficient (Wildman–Crippen LogP) is 5.34. The van der Waals surface area contributed by atoms with E-state index in [4.69, 9.17) is 11.1 Å². The van der Waals surface area contributed by atoms with Crippen molar-refractivity contribution in [2.75, 3.05) is 20.6 Å². The second-order valence-electron chi connectivity index (χ2n) is 9.30. The van der Waals surface area contributed by atoms with Crippen molar-refractivity contribution in [2.45, 2.75) is 33.6 Å².